The van der Waals surface area contributed by atoms with Crippen LogP contribution in [-0.4, -0.2) is 40.1 Å². The molecule has 3 nitrogen and oxygen atoms in total. The van der Waals surface area contributed by atoms with Gasteiger partial charge in [-0.05, 0) is 51.4 Å². The maximum atomic E-state index is 5.80. The van der Waals surface area contributed by atoms with Crippen molar-refractivity contribution in [3.63, 3.8) is 0 Å². The highest BCUT2D eigenvalue weighted by Gasteiger charge is 2.09. The monoisotopic (exact) mass is 357 g/mol. The Labute approximate surface area is 158 Å². The zero-order valence-corrected chi connectivity index (χ0v) is 17.4. The van der Waals surface area contributed by atoms with E-state index in [1.807, 2.05) is 0 Å². The highest BCUT2D eigenvalue weighted by molar-refractivity contribution is 4.76. The molecule has 3 heteroatoms. The lowest BCUT2D eigenvalue weighted by atomic mass is 9.92. The molecule has 0 aliphatic carbocycles. The van der Waals surface area contributed by atoms with Crippen molar-refractivity contribution in [2.45, 2.75) is 90.9 Å². The van der Waals surface area contributed by atoms with Gasteiger partial charge < -0.3 is 14.2 Å². The van der Waals surface area contributed by atoms with Crippen molar-refractivity contribution in [1.82, 2.24) is 0 Å². The van der Waals surface area contributed by atoms with Crippen molar-refractivity contribution in [1.29, 1.82) is 0 Å². The molecule has 0 fully saturated rings. The van der Waals surface area contributed by atoms with Crippen molar-refractivity contribution >= 4 is 0 Å². The molecule has 0 aromatic heterocycles. The fourth-order valence-corrected chi connectivity index (χ4v) is 3.10. The Morgan fingerprint density at radius 3 is 2.12 bits per heavy atom. The van der Waals surface area contributed by atoms with Crippen LogP contribution in [0.3, 0.4) is 0 Å². The summed E-state index contributed by atoms with van der Waals surface area (Å²) in [5.74, 6) is 0.703. The second-order valence-electron chi connectivity index (χ2n) is 6.99. The molecular formula is C22H45O3. The smallest absolute Gasteiger partial charge is 0.0468 e. The Kier molecular flexibility index (Phi) is 21.8. The lowest BCUT2D eigenvalue weighted by molar-refractivity contribution is 0.128. The summed E-state index contributed by atoms with van der Waals surface area (Å²) >= 11 is 0. The van der Waals surface area contributed by atoms with Crippen LogP contribution in [0.25, 0.3) is 0 Å². The molecule has 0 aliphatic heterocycles. The average Bonchev–Trinajstić information content (AvgIpc) is 2.62. The quantitative estimate of drug-likeness (QED) is 0.229. The van der Waals surface area contributed by atoms with Gasteiger partial charge in [0.1, 0.15) is 0 Å². The number of ether oxygens (including phenoxy) is 3. The lowest BCUT2D eigenvalue weighted by Gasteiger charge is -2.16. The van der Waals surface area contributed by atoms with Gasteiger partial charge in [-0.1, -0.05) is 51.9 Å². The average molecular weight is 358 g/mol. The topological polar surface area (TPSA) is 27.7 Å². The molecule has 1 radical (unpaired) electrons. The lowest BCUT2D eigenvalue weighted by Crippen LogP contribution is -2.07. The van der Waals surface area contributed by atoms with Gasteiger partial charge in [0.2, 0.25) is 0 Å². The summed E-state index contributed by atoms with van der Waals surface area (Å²) in [5, 5.41) is 0. The Morgan fingerprint density at radius 1 is 0.680 bits per heavy atom. The third kappa shape index (κ3) is 20.0. The van der Waals surface area contributed by atoms with Gasteiger partial charge in [0.15, 0.2) is 0 Å². The Hall–Kier alpha value is -0.120. The van der Waals surface area contributed by atoms with Crippen molar-refractivity contribution < 1.29 is 14.2 Å². The van der Waals surface area contributed by atoms with Crippen LogP contribution in [0, 0.1) is 12.3 Å². The molecule has 1 atom stereocenters. The van der Waals surface area contributed by atoms with Crippen molar-refractivity contribution in [2.24, 2.45) is 5.92 Å². The van der Waals surface area contributed by atoms with Gasteiger partial charge in [-0.25, -0.2) is 0 Å². The first kappa shape index (κ1) is 24.9. The van der Waals surface area contributed by atoms with Crippen LogP contribution in [0.5, 0.6) is 0 Å². The first-order chi connectivity index (χ1) is 12.3. The number of hydrogen-bond donors (Lipinski definition) is 0. The van der Waals surface area contributed by atoms with Crippen LogP contribution in [0.15, 0.2) is 0 Å². The van der Waals surface area contributed by atoms with E-state index in [9.17, 15) is 0 Å². The van der Waals surface area contributed by atoms with Crippen molar-refractivity contribution in [3.8, 4) is 0 Å². The number of hydrogen-bond acceptors (Lipinski definition) is 3. The highest BCUT2D eigenvalue weighted by atomic mass is 16.5. The molecule has 0 rings (SSSR count). The fraction of sp³-hybridized carbons (Fsp3) is 0.955. The van der Waals surface area contributed by atoms with Crippen LogP contribution in [-0.2, 0) is 14.2 Å². The van der Waals surface area contributed by atoms with E-state index in [1.165, 1.54) is 64.2 Å². The van der Waals surface area contributed by atoms with Crippen molar-refractivity contribution in [3.05, 3.63) is 6.42 Å². The van der Waals surface area contributed by atoms with E-state index in [-0.39, 0.29) is 0 Å². The number of methoxy groups -OCH3 is 1. The van der Waals surface area contributed by atoms with Crippen LogP contribution < -0.4 is 0 Å². The molecule has 0 aromatic carbocycles. The largest absolute Gasteiger partial charge is 0.385 e. The first-order valence-electron chi connectivity index (χ1n) is 10.8. The second kappa shape index (κ2) is 21.9. The van der Waals surface area contributed by atoms with E-state index in [2.05, 4.69) is 20.3 Å². The molecule has 0 heterocycles. The minimum atomic E-state index is 0.703. The van der Waals surface area contributed by atoms with E-state index in [4.69, 9.17) is 14.2 Å². The molecule has 151 valence electrons. The summed E-state index contributed by atoms with van der Waals surface area (Å²) in [5.41, 5.74) is 0. The van der Waals surface area contributed by atoms with Gasteiger partial charge in [-0.2, -0.15) is 0 Å². The maximum Gasteiger partial charge on any atom is 0.0468 e. The van der Waals surface area contributed by atoms with Crippen LogP contribution >= 0.6 is 0 Å². The normalized spacial score (nSPS) is 12.6. The Bertz CT molecular complexity index is 233. The van der Waals surface area contributed by atoms with Gasteiger partial charge >= 0.3 is 0 Å². The second-order valence-corrected chi connectivity index (χ2v) is 6.99. The Balaban J connectivity index is 3.57. The van der Waals surface area contributed by atoms with Crippen LogP contribution in [0.4, 0.5) is 0 Å². The van der Waals surface area contributed by atoms with Crippen LogP contribution in [0.2, 0.25) is 0 Å². The molecule has 25 heavy (non-hydrogen) atoms. The van der Waals surface area contributed by atoms with E-state index >= 15 is 0 Å². The molecule has 1 unspecified atom stereocenters. The van der Waals surface area contributed by atoms with Crippen molar-refractivity contribution in [2.75, 3.05) is 40.1 Å². The Morgan fingerprint density at radius 2 is 1.36 bits per heavy atom. The SMILES string of the molecule is CCCCCCCCOCC[CH]C(CCCCOCC)CCCOC. The van der Waals surface area contributed by atoms with Gasteiger partial charge in [-0.15, -0.1) is 0 Å². The standard InChI is InChI=1S/C22H45O3/c1-4-6-7-8-9-11-20-25-21-14-17-22(16-13-18-23-3)15-10-12-19-24-5-2/h17,22H,4-16,18-21H2,1-3H3. The van der Waals surface area contributed by atoms with Crippen LogP contribution in [0.1, 0.15) is 90.9 Å². The molecule has 0 saturated carbocycles. The molecule has 0 aliphatic rings. The zero-order chi connectivity index (χ0) is 18.4. The fourth-order valence-electron chi connectivity index (χ4n) is 3.10. The summed E-state index contributed by atoms with van der Waals surface area (Å²) in [6.45, 7) is 8.75. The minimum Gasteiger partial charge on any atom is -0.385 e. The number of rotatable bonds is 21. The highest BCUT2D eigenvalue weighted by Crippen LogP contribution is 2.20. The first-order valence-corrected chi connectivity index (χ1v) is 10.8. The van der Waals surface area contributed by atoms with Gasteiger partial charge in [0.05, 0.1) is 0 Å². The van der Waals surface area contributed by atoms with E-state index in [0.29, 0.717) is 5.92 Å². The minimum absolute atomic E-state index is 0.703. The summed E-state index contributed by atoms with van der Waals surface area (Å²) in [4.78, 5) is 0. The van der Waals surface area contributed by atoms with E-state index in [0.717, 1.165) is 45.9 Å². The predicted octanol–water partition coefficient (Wildman–Crippen LogP) is 6.21. The molecular weight excluding hydrogens is 312 g/mol. The summed E-state index contributed by atoms with van der Waals surface area (Å²) in [7, 11) is 1.79. The summed E-state index contributed by atoms with van der Waals surface area (Å²) in [6, 6.07) is 0. The van der Waals surface area contributed by atoms with Gasteiger partial charge in [0, 0.05) is 40.1 Å². The summed E-state index contributed by atoms with van der Waals surface area (Å²) < 4.78 is 16.4. The van der Waals surface area contributed by atoms with Gasteiger partial charge in [0.25, 0.3) is 0 Å². The predicted molar refractivity (Wildman–Crippen MR) is 108 cm³/mol. The molecule has 0 N–H and O–H groups in total. The summed E-state index contributed by atoms with van der Waals surface area (Å²) in [6.07, 6.45) is 17.7. The zero-order valence-electron chi connectivity index (χ0n) is 17.4. The third-order valence-electron chi connectivity index (χ3n) is 4.65. The molecule has 0 saturated heterocycles. The number of unbranched alkanes of at least 4 members (excludes halogenated alkanes) is 6. The maximum absolute atomic E-state index is 5.80. The third-order valence-corrected chi connectivity index (χ3v) is 4.65. The molecule has 0 aromatic rings. The molecule has 0 bridgehead atoms. The van der Waals surface area contributed by atoms with Gasteiger partial charge in [-0.3, -0.25) is 0 Å². The van der Waals surface area contributed by atoms with E-state index in [1.54, 1.807) is 7.11 Å². The molecule has 0 spiro atoms. The van der Waals surface area contributed by atoms with E-state index < -0.39 is 0 Å². The molecule has 0 amide bonds.